The summed E-state index contributed by atoms with van der Waals surface area (Å²) in [6.45, 7) is 2.62. The molecule has 3 rings (SSSR count). The quantitative estimate of drug-likeness (QED) is 0.587. The number of anilines is 1. The minimum absolute atomic E-state index is 0.00272. The van der Waals surface area contributed by atoms with Crippen LogP contribution in [0.15, 0.2) is 36.4 Å². The number of nitrogens with one attached hydrogen (secondary N) is 1. The molecule has 0 aromatic heterocycles. The van der Waals surface area contributed by atoms with Gasteiger partial charge in [0.25, 0.3) is 23.2 Å². The topological polar surface area (TPSA) is 136 Å². The van der Waals surface area contributed by atoms with Crippen LogP contribution in [0.25, 0.3) is 0 Å². The van der Waals surface area contributed by atoms with E-state index in [1.54, 1.807) is 29.2 Å². The summed E-state index contributed by atoms with van der Waals surface area (Å²) in [4.78, 5) is 48.3. The van der Waals surface area contributed by atoms with Crippen LogP contribution in [0.4, 0.5) is 17.1 Å². The molecule has 1 fully saturated rings. The predicted molar refractivity (Wildman–Crippen MR) is 109 cm³/mol. The number of para-hydroxylation sites is 1. The summed E-state index contributed by atoms with van der Waals surface area (Å²) in [6, 6.07) is 8.28. The Kier molecular flexibility index (Phi) is 6.05. The summed E-state index contributed by atoms with van der Waals surface area (Å²) in [7, 11) is 0. The van der Waals surface area contributed by atoms with E-state index in [1.807, 2.05) is 0 Å². The highest BCUT2D eigenvalue weighted by Gasteiger charge is 2.26. The number of piperidine rings is 1. The number of hydrogen-bond acceptors (Lipinski definition) is 6. The van der Waals surface area contributed by atoms with E-state index in [0.29, 0.717) is 18.7 Å². The van der Waals surface area contributed by atoms with E-state index >= 15 is 0 Å². The van der Waals surface area contributed by atoms with E-state index in [1.165, 1.54) is 6.92 Å². The summed E-state index contributed by atoms with van der Waals surface area (Å²) in [5.74, 6) is -0.981. The van der Waals surface area contributed by atoms with Crippen molar-refractivity contribution in [2.75, 3.05) is 18.4 Å². The molecule has 0 atom stereocenters. The first kappa shape index (κ1) is 20.9. The minimum atomic E-state index is -0.795. The number of amides is 2. The average molecular weight is 412 g/mol. The van der Waals surface area contributed by atoms with Crippen molar-refractivity contribution in [1.29, 1.82) is 0 Å². The second-order valence-electron chi connectivity index (χ2n) is 7.00. The van der Waals surface area contributed by atoms with Gasteiger partial charge >= 0.3 is 0 Å². The highest BCUT2D eigenvalue weighted by molar-refractivity contribution is 6.10. The first-order valence-corrected chi connectivity index (χ1v) is 9.42. The first-order chi connectivity index (χ1) is 14.3. The minimum Gasteiger partial charge on any atom is -0.339 e. The number of nitro benzene ring substituents is 2. The maximum atomic E-state index is 12.9. The number of hydrogen-bond donors (Lipinski definition) is 1. The van der Waals surface area contributed by atoms with Crippen LogP contribution in [-0.4, -0.2) is 39.7 Å². The number of rotatable bonds is 5. The first-order valence-electron chi connectivity index (χ1n) is 9.42. The molecule has 1 heterocycles. The fourth-order valence-electron chi connectivity index (χ4n) is 3.45. The van der Waals surface area contributed by atoms with Crippen LogP contribution in [-0.2, 0) is 0 Å². The molecule has 0 bridgehead atoms. The monoisotopic (exact) mass is 412 g/mol. The Morgan fingerprint density at radius 2 is 1.63 bits per heavy atom. The van der Waals surface area contributed by atoms with Crippen LogP contribution < -0.4 is 5.32 Å². The van der Waals surface area contributed by atoms with E-state index in [-0.39, 0.29) is 22.7 Å². The molecule has 30 heavy (non-hydrogen) atoms. The molecule has 2 amide bonds. The van der Waals surface area contributed by atoms with Gasteiger partial charge in [0.2, 0.25) is 0 Å². The summed E-state index contributed by atoms with van der Waals surface area (Å²) >= 11 is 0. The number of nitro groups is 2. The normalized spacial score (nSPS) is 13.6. The Morgan fingerprint density at radius 3 is 2.27 bits per heavy atom. The molecule has 10 heteroatoms. The lowest BCUT2D eigenvalue weighted by Crippen LogP contribution is -2.36. The van der Waals surface area contributed by atoms with Gasteiger partial charge in [-0.3, -0.25) is 29.8 Å². The maximum Gasteiger partial charge on any atom is 0.279 e. The van der Waals surface area contributed by atoms with Gasteiger partial charge in [0.15, 0.2) is 0 Å². The second kappa shape index (κ2) is 8.68. The molecule has 2 aromatic carbocycles. The Bertz CT molecular complexity index is 1030. The van der Waals surface area contributed by atoms with Gasteiger partial charge in [-0.1, -0.05) is 12.1 Å². The number of likely N-dealkylation sites (tertiary alicyclic amines) is 1. The van der Waals surface area contributed by atoms with Crippen molar-refractivity contribution in [2.24, 2.45) is 0 Å². The number of carbonyl (C=O) groups is 2. The van der Waals surface area contributed by atoms with Crippen molar-refractivity contribution >= 4 is 28.9 Å². The molecule has 0 spiro atoms. The van der Waals surface area contributed by atoms with E-state index in [9.17, 15) is 29.8 Å². The van der Waals surface area contributed by atoms with Crippen LogP contribution in [0.5, 0.6) is 0 Å². The summed E-state index contributed by atoms with van der Waals surface area (Å²) in [5.41, 5.74) is -0.738. The van der Waals surface area contributed by atoms with Crippen molar-refractivity contribution in [1.82, 2.24) is 4.90 Å². The van der Waals surface area contributed by atoms with Crippen molar-refractivity contribution in [3.63, 3.8) is 0 Å². The van der Waals surface area contributed by atoms with Gasteiger partial charge in [0.1, 0.15) is 0 Å². The molecule has 0 unspecified atom stereocenters. The molecule has 0 radical (unpaired) electrons. The Balaban J connectivity index is 1.94. The molecular formula is C20H20N4O6. The van der Waals surface area contributed by atoms with Crippen LogP contribution in [0.2, 0.25) is 0 Å². The number of non-ortho nitro benzene ring substituents is 1. The molecule has 2 aromatic rings. The summed E-state index contributed by atoms with van der Waals surface area (Å²) in [6.07, 6.45) is 2.89. The largest absolute Gasteiger partial charge is 0.339 e. The van der Waals surface area contributed by atoms with Crippen LogP contribution in [0.3, 0.4) is 0 Å². The second-order valence-corrected chi connectivity index (χ2v) is 7.00. The van der Waals surface area contributed by atoms with Crippen molar-refractivity contribution in [3.05, 3.63) is 73.3 Å². The van der Waals surface area contributed by atoms with Gasteiger partial charge in [-0.05, 0) is 38.3 Å². The van der Waals surface area contributed by atoms with Gasteiger partial charge < -0.3 is 10.2 Å². The molecular weight excluding hydrogens is 392 g/mol. The molecule has 1 aliphatic heterocycles. The molecule has 0 aliphatic carbocycles. The van der Waals surface area contributed by atoms with E-state index in [2.05, 4.69) is 5.32 Å². The van der Waals surface area contributed by atoms with E-state index in [0.717, 1.165) is 31.4 Å². The standard InChI is InChI=1S/C20H20N4O6/c1-13-16(11-14(23(27)28)12-18(13)24(29)30)19(25)21-17-8-4-3-7-15(17)20(26)22-9-5-2-6-10-22/h3-4,7-8,11-12H,2,5-6,9-10H2,1H3,(H,21,25). The molecule has 10 nitrogen and oxygen atoms in total. The summed E-state index contributed by atoms with van der Waals surface area (Å²) < 4.78 is 0. The zero-order valence-electron chi connectivity index (χ0n) is 16.3. The predicted octanol–water partition coefficient (Wildman–Crippen LogP) is 3.69. The van der Waals surface area contributed by atoms with Crippen LogP contribution >= 0.6 is 0 Å². The van der Waals surface area contributed by atoms with Crippen molar-refractivity contribution in [3.8, 4) is 0 Å². The molecule has 1 saturated heterocycles. The zero-order chi connectivity index (χ0) is 21.8. The number of nitrogens with zero attached hydrogens (tertiary/aromatic N) is 3. The van der Waals surface area contributed by atoms with Gasteiger partial charge in [-0.25, -0.2) is 0 Å². The smallest absolute Gasteiger partial charge is 0.279 e. The van der Waals surface area contributed by atoms with Gasteiger partial charge in [0.05, 0.1) is 32.7 Å². The maximum absolute atomic E-state index is 12.9. The number of carbonyl (C=O) groups excluding carboxylic acids is 2. The average Bonchev–Trinajstić information content (AvgIpc) is 2.74. The molecule has 156 valence electrons. The Morgan fingerprint density at radius 1 is 0.967 bits per heavy atom. The number of benzene rings is 2. The third-order valence-corrected chi connectivity index (χ3v) is 5.07. The van der Waals surface area contributed by atoms with E-state index in [4.69, 9.17) is 0 Å². The van der Waals surface area contributed by atoms with Gasteiger partial charge in [-0.15, -0.1) is 0 Å². The lowest BCUT2D eigenvalue weighted by atomic mass is 10.0. The summed E-state index contributed by atoms with van der Waals surface area (Å²) in [5, 5.41) is 25.0. The third-order valence-electron chi connectivity index (χ3n) is 5.07. The Labute approximate surface area is 171 Å². The van der Waals surface area contributed by atoms with Gasteiger partial charge in [0, 0.05) is 24.7 Å². The van der Waals surface area contributed by atoms with Crippen LogP contribution in [0, 0.1) is 27.2 Å². The lowest BCUT2D eigenvalue weighted by Gasteiger charge is -2.27. The lowest BCUT2D eigenvalue weighted by molar-refractivity contribution is -0.394. The Hall–Kier alpha value is -3.82. The fourth-order valence-corrected chi connectivity index (χ4v) is 3.45. The highest BCUT2D eigenvalue weighted by Crippen LogP contribution is 2.29. The molecule has 1 N–H and O–H groups in total. The fraction of sp³-hybridized carbons (Fsp3) is 0.300. The van der Waals surface area contributed by atoms with Gasteiger partial charge in [-0.2, -0.15) is 0 Å². The van der Waals surface area contributed by atoms with Crippen LogP contribution in [0.1, 0.15) is 45.5 Å². The molecule has 1 aliphatic rings. The third kappa shape index (κ3) is 4.27. The van der Waals surface area contributed by atoms with E-state index < -0.39 is 27.1 Å². The van der Waals surface area contributed by atoms with Crippen molar-refractivity contribution in [2.45, 2.75) is 26.2 Å². The molecule has 0 saturated carbocycles. The van der Waals surface area contributed by atoms with Crippen molar-refractivity contribution < 1.29 is 19.4 Å². The zero-order valence-corrected chi connectivity index (χ0v) is 16.3. The highest BCUT2D eigenvalue weighted by atomic mass is 16.6. The SMILES string of the molecule is Cc1c(C(=O)Nc2ccccc2C(=O)N2CCCCC2)cc([N+](=O)[O-])cc1[N+](=O)[O-].